The van der Waals surface area contributed by atoms with Crippen LogP contribution >= 0.6 is 0 Å². The highest BCUT2D eigenvalue weighted by atomic mass is 28.5. The third-order valence-electron chi connectivity index (χ3n) is 2.96. The molecule has 0 aliphatic heterocycles. The summed E-state index contributed by atoms with van der Waals surface area (Å²) in [6.07, 6.45) is 0.694. The molecule has 1 N–H and O–H groups in total. The molecule has 0 aromatic carbocycles. The van der Waals surface area contributed by atoms with E-state index in [4.69, 9.17) is 13.0 Å². The van der Waals surface area contributed by atoms with Crippen molar-refractivity contribution in [2.45, 2.75) is 45.6 Å². The zero-order valence-electron chi connectivity index (χ0n) is 14.8. The molecular formula is C15H32O4Si3. The minimum atomic E-state index is -3.26. The number of hydrogen-bond acceptors (Lipinski definition) is 4. The molecule has 0 aromatic heterocycles. The summed E-state index contributed by atoms with van der Waals surface area (Å²) >= 11 is 0. The van der Waals surface area contributed by atoms with Gasteiger partial charge in [0.15, 0.2) is 0 Å². The Hall–Kier alpha value is -0.289. The summed E-state index contributed by atoms with van der Waals surface area (Å²) in [6.45, 7) is 22.4. The molecule has 0 spiro atoms. The summed E-state index contributed by atoms with van der Waals surface area (Å²) in [5.74, 6) is 0. The standard InChI is InChI=1S/C15H32O4Si3/c1-9-20(5,6)18-22(16,19-21(7,8)10-2)13-11-12-17-14-15(3)4/h9-10,16H,1-3,11-14H2,4-8H3. The fourth-order valence-corrected chi connectivity index (χ4v) is 10.9. The van der Waals surface area contributed by atoms with Gasteiger partial charge < -0.3 is 17.8 Å². The van der Waals surface area contributed by atoms with Crippen molar-refractivity contribution in [1.29, 1.82) is 0 Å². The van der Waals surface area contributed by atoms with Crippen LogP contribution in [0.4, 0.5) is 0 Å². The van der Waals surface area contributed by atoms with E-state index in [9.17, 15) is 4.80 Å². The first kappa shape index (κ1) is 21.7. The van der Waals surface area contributed by atoms with Crippen molar-refractivity contribution in [3.05, 3.63) is 36.7 Å². The summed E-state index contributed by atoms with van der Waals surface area (Å²) in [6, 6.07) is 0.484. The normalized spacial score (nSPS) is 13.0. The fraction of sp³-hybridized carbons (Fsp3) is 0.600. The lowest BCUT2D eigenvalue weighted by Gasteiger charge is -2.36. The molecule has 0 aliphatic carbocycles. The Morgan fingerprint density at radius 2 is 1.50 bits per heavy atom. The topological polar surface area (TPSA) is 47.9 Å². The number of hydrogen-bond donors (Lipinski definition) is 1. The van der Waals surface area contributed by atoms with Gasteiger partial charge in [-0.2, -0.15) is 0 Å². The van der Waals surface area contributed by atoms with E-state index < -0.39 is 25.4 Å². The molecule has 0 aliphatic rings. The molecule has 0 aromatic rings. The van der Waals surface area contributed by atoms with Crippen molar-refractivity contribution in [2.24, 2.45) is 0 Å². The molecule has 0 radical (unpaired) electrons. The van der Waals surface area contributed by atoms with Crippen molar-refractivity contribution in [2.75, 3.05) is 13.2 Å². The van der Waals surface area contributed by atoms with Gasteiger partial charge in [0.2, 0.25) is 16.6 Å². The van der Waals surface area contributed by atoms with Gasteiger partial charge in [-0.3, -0.25) is 0 Å². The molecule has 0 unspecified atom stereocenters. The Bertz CT molecular complexity index is 372. The first-order chi connectivity index (χ1) is 9.95. The molecule has 7 heteroatoms. The van der Waals surface area contributed by atoms with Gasteiger partial charge in [0.1, 0.15) is 0 Å². The van der Waals surface area contributed by atoms with Crippen LogP contribution in [0.2, 0.25) is 32.2 Å². The molecule has 0 heterocycles. The first-order valence-corrected chi connectivity index (χ1v) is 15.5. The lowest BCUT2D eigenvalue weighted by atomic mass is 10.4. The van der Waals surface area contributed by atoms with E-state index >= 15 is 0 Å². The van der Waals surface area contributed by atoms with Crippen molar-refractivity contribution >= 4 is 25.4 Å². The Balaban J connectivity index is 4.75. The van der Waals surface area contributed by atoms with Crippen LogP contribution in [0.5, 0.6) is 0 Å². The second-order valence-corrected chi connectivity index (χ2v) is 17.4. The lowest BCUT2D eigenvalue weighted by Crippen LogP contribution is -2.55. The minimum Gasteiger partial charge on any atom is -0.412 e. The molecule has 22 heavy (non-hydrogen) atoms. The van der Waals surface area contributed by atoms with E-state index in [1.165, 1.54) is 0 Å². The van der Waals surface area contributed by atoms with Crippen LogP contribution in [0, 0.1) is 0 Å². The molecule has 0 rings (SSSR count). The Kier molecular flexibility index (Phi) is 9.00. The molecule has 0 fully saturated rings. The Morgan fingerprint density at radius 1 is 1.05 bits per heavy atom. The molecule has 0 atom stereocenters. The smallest absolute Gasteiger partial charge is 0.412 e. The predicted molar refractivity (Wildman–Crippen MR) is 101 cm³/mol. The molecule has 4 nitrogen and oxygen atoms in total. The highest BCUT2D eigenvalue weighted by Crippen LogP contribution is 2.24. The average molecular weight is 361 g/mol. The van der Waals surface area contributed by atoms with Crippen LogP contribution in [-0.4, -0.2) is 43.4 Å². The lowest BCUT2D eigenvalue weighted by molar-refractivity contribution is 0.151. The van der Waals surface area contributed by atoms with Crippen LogP contribution in [0.15, 0.2) is 36.7 Å². The molecule has 128 valence electrons. The van der Waals surface area contributed by atoms with Crippen LogP contribution in [0.1, 0.15) is 13.3 Å². The van der Waals surface area contributed by atoms with Gasteiger partial charge in [0.05, 0.1) is 6.61 Å². The second kappa shape index (κ2) is 9.12. The molecule has 0 bridgehead atoms. The van der Waals surface area contributed by atoms with Gasteiger partial charge in [0.25, 0.3) is 0 Å². The molecule has 0 saturated carbocycles. The quantitative estimate of drug-likeness (QED) is 0.327. The molecule has 0 saturated heterocycles. The predicted octanol–water partition coefficient (Wildman–Crippen LogP) is 3.79. The van der Waals surface area contributed by atoms with E-state index in [-0.39, 0.29) is 0 Å². The van der Waals surface area contributed by atoms with E-state index in [1.54, 1.807) is 0 Å². The van der Waals surface area contributed by atoms with Gasteiger partial charge in [-0.15, -0.1) is 13.2 Å². The van der Waals surface area contributed by atoms with Gasteiger partial charge in [-0.25, -0.2) is 0 Å². The summed E-state index contributed by atoms with van der Waals surface area (Å²) in [7, 11) is -7.52. The highest BCUT2D eigenvalue weighted by molar-refractivity contribution is 6.89. The third kappa shape index (κ3) is 9.67. The number of rotatable bonds is 12. The maximum atomic E-state index is 10.9. The van der Waals surface area contributed by atoms with Crippen molar-refractivity contribution in [3.63, 3.8) is 0 Å². The van der Waals surface area contributed by atoms with Crippen molar-refractivity contribution < 1.29 is 17.8 Å². The largest absolute Gasteiger partial charge is 0.477 e. The van der Waals surface area contributed by atoms with Crippen molar-refractivity contribution in [1.82, 2.24) is 0 Å². The van der Waals surface area contributed by atoms with Crippen LogP contribution < -0.4 is 0 Å². The summed E-state index contributed by atoms with van der Waals surface area (Å²) in [5.41, 5.74) is 4.61. The monoisotopic (exact) mass is 360 g/mol. The van der Waals surface area contributed by atoms with E-state index in [0.29, 0.717) is 25.7 Å². The Morgan fingerprint density at radius 3 is 1.86 bits per heavy atom. The third-order valence-corrected chi connectivity index (χ3v) is 12.7. The second-order valence-electron chi connectivity index (χ2n) is 6.65. The maximum Gasteiger partial charge on any atom is 0.477 e. The van der Waals surface area contributed by atoms with Crippen LogP contribution in [-0.2, 0) is 13.0 Å². The minimum absolute atomic E-state index is 0.484. The van der Waals surface area contributed by atoms with E-state index in [1.807, 2.05) is 44.5 Å². The first-order valence-electron chi connectivity index (χ1n) is 7.57. The highest BCUT2D eigenvalue weighted by Gasteiger charge is 2.45. The molecular weight excluding hydrogens is 328 g/mol. The SMILES string of the molecule is C=C[Si](C)(C)O[Si](O)(CCCOCC(=C)C)O[Si](C)(C)C=C. The summed E-state index contributed by atoms with van der Waals surface area (Å²) in [5, 5.41) is 0. The van der Waals surface area contributed by atoms with Gasteiger partial charge >= 0.3 is 8.80 Å². The summed E-state index contributed by atoms with van der Waals surface area (Å²) in [4.78, 5) is 10.9. The van der Waals surface area contributed by atoms with E-state index in [2.05, 4.69) is 19.7 Å². The number of ether oxygens (including phenoxy) is 1. The van der Waals surface area contributed by atoms with Crippen molar-refractivity contribution in [3.8, 4) is 0 Å². The fourth-order valence-electron chi connectivity index (χ4n) is 1.67. The Labute approximate surface area is 139 Å². The molecule has 0 amide bonds. The summed E-state index contributed by atoms with van der Waals surface area (Å²) < 4.78 is 17.6. The van der Waals surface area contributed by atoms with Crippen LogP contribution in [0.3, 0.4) is 0 Å². The van der Waals surface area contributed by atoms with E-state index in [0.717, 1.165) is 5.57 Å². The zero-order chi connectivity index (χ0) is 17.4. The van der Waals surface area contributed by atoms with Gasteiger partial charge in [0, 0.05) is 12.7 Å². The van der Waals surface area contributed by atoms with Gasteiger partial charge in [-0.1, -0.05) is 23.6 Å². The van der Waals surface area contributed by atoms with Crippen LogP contribution in [0.25, 0.3) is 0 Å². The maximum absolute atomic E-state index is 10.9. The van der Waals surface area contributed by atoms with Gasteiger partial charge in [-0.05, 0) is 39.5 Å². The zero-order valence-corrected chi connectivity index (χ0v) is 17.8. The average Bonchev–Trinajstić information content (AvgIpc) is 2.36.